The van der Waals surface area contributed by atoms with E-state index in [1.165, 1.54) is 48.5 Å². The molecule has 2 heterocycles. The molecule has 1 amide bonds. The van der Waals surface area contributed by atoms with E-state index in [1.54, 1.807) is 6.92 Å². The van der Waals surface area contributed by atoms with Crippen LogP contribution in [0.15, 0.2) is 87.6 Å². The van der Waals surface area contributed by atoms with E-state index in [4.69, 9.17) is 5.41 Å². The summed E-state index contributed by atoms with van der Waals surface area (Å²) in [6.07, 6.45) is -2.70. The van der Waals surface area contributed by atoms with Crippen molar-refractivity contribution in [3.63, 3.8) is 0 Å². The fourth-order valence-electron chi connectivity index (χ4n) is 4.69. The molecule has 2 aromatic rings. The van der Waals surface area contributed by atoms with Gasteiger partial charge in [0, 0.05) is 38.2 Å². The number of ether oxygens (including phenoxy) is 1. The lowest BCUT2D eigenvalue weighted by molar-refractivity contribution is -0.274. The van der Waals surface area contributed by atoms with E-state index in [-0.39, 0.29) is 48.9 Å². The Balaban J connectivity index is 1.56. The van der Waals surface area contributed by atoms with Gasteiger partial charge in [0.2, 0.25) is 15.9 Å². The van der Waals surface area contributed by atoms with Crippen molar-refractivity contribution in [1.82, 2.24) is 19.8 Å². The molecule has 17 heteroatoms. The van der Waals surface area contributed by atoms with E-state index in [0.717, 1.165) is 28.6 Å². The first-order valence-corrected chi connectivity index (χ1v) is 15.6. The van der Waals surface area contributed by atoms with Crippen LogP contribution in [0.2, 0.25) is 0 Å². The lowest BCUT2D eigenvalue weighted by Gasteiger charge is -2.40. The first kappa shape index (κ1) is 35.2. The lowest BCUT2D eigenvalue weighted by atomic mass is 10.0. The van der Waals surface area contributed by atoms with Crippen molar-refractivity contribution in [1.29, 1.82) is 5.41 Å². The van der Waals surface area contributed by atoms with Crippen LogP contribution in [0.1, 0.15) is 31.4 Å². The third kappa shape index (κ3) is 8.79. The van der Waals surface area contributed by atoms with Crippen LogP contribution in [0.4, 0.5) is 22.0 Å². The summed E-state index contributed by atoms with van der Waals surface area (Å²) in [5, 5.41) is 14.1. The van der Waals surface area contributed by atoms with Crippen molar-refractivity contribution >= 4 is 33.8 Å². The van der Waals surface area contributed by atoms with Gasteiger partial charge in [-0.15, -0.1) is 13.2 Å². The molecule has 1 fully saturated rings. The largest absolute Gasteiger partial charge is 0.573 e. The minimum atomic E-state index is -4.98. The number of hydrogen-bond acceptors (Lipinski definition) is 8. The molecule has 1 atom stereocenters. The van der Waals surface area contributed by atoms with E-state index >= 15 is 0 Å². The van der Waals surface area contributed by atoms with Crippen LogP contribution in [0, 0.1) is 5.41 Å². The van der Waals surface area contributed by atoms with Gasteiger partial charge in [-0.1, -0.05) is 37.8 Å². The Labute approximate surface area is 268 Å². The van der Waals surface area contributed by atoms with Crippen LogP contribution < -0.4 is 15.4 Å². The summed E-state index contributed by atoms with van der Waals surface area (Å²) < 4.78 is 98.0. The molecule has 3 N–H and O–H groups in total. The second kappa shape index (κ2) is 14.0. The Morgan fingerprint density at radius 2 is 1.81 bits per heavy atom. The zero-order chi connectivity index (χ0) is 34.6. The monoisotopic (exact) mass is 681 g/mol. The van der Waals surface area contributed by atoms with Crippen LogP contribution in [-0.2, 0) is 27.3 Å². The number of nitrogens with one attached hydrogen (secondary N) is 3. The third-order valence-corrected chi connectivity index (χ3v) is 9.20. The number of rotatable bonds is 10. The van der Waals surface area contributed by atoms with Gasteiger partial charge in [0.25, 0.3) is 5.92 Å². The Bertz CT molecular complexity index is 1710. The number of benzene rings is 2. The van der Waals surface area contributed by atoms with E-state index < -0.39 is 40.0 Å². The number of hydrogen-bond donors (Lipinski definition) is 3. The molecule has 47 heavy (non-hydrogen) atoms. The highest BCUT2D eigenvalue weighted by atomic mass is 32.2. The summed E-state index contributed by atoms with van der Waals surface area (Å²) in [6.45, 7) is 6.25. The average Bonchev–Trinajstić information content (AvgIpc) is 3.02. The predicted molar refractivity (Wildman–Crippen MR) is 165 cm³/mol. The molecule has 1 saturated heterocycles. The standard InChI is InChI=1S/C30H32F5N7O4S/c1-4-29(31,32)22-7-5-21(6-8-22)15-39-28(43)26-18-41(27(36)17-38-25-16-37-20(3)40-19(25)2)13-14-42(26)47(44,45)24-11-9-23(10-12-24)46-30(33,34)35/h5-12,16-17,26,36H,2,4,13-15,18H2,1,3H3,(H,37,40)(H,39,43)/t26-/m1/s1. The summed E-state index contributed by atoms with van der Waals surface area (Å²) in [4.78, 5) is 22.9. The number of sulfonamides is 1. The number of halogens is 5. The lowest BCUT2D eigenvalue weighted by Crippen LogP contribution is -2.61. The van der Waals surface area contributed by atoms with Crippen LogP contribution in [0.25, 0.3) is 0 Å². The first-order valence-electron chi connectivity index (χ1n) is 14.2. The Hall–Kier alpha value is -4.64. The molecule has 2 aliphatic heterocycles. The van der Waals surface area contributed by atoms with Crippen LogP contribution in [0.3, 0.4) is 0 Å². The highest BCUT2D eigenvalue weighted by molar-refractivity contribution is 7.89. The second-order valence-electron chi connectivity index (χ2n) is 10.5. The molecule has 0 spiro atoms. The summed E-state index contributed by atoms with van der Waals surface area (Å²) in [7, 11) is -4.44. The molecule has 0 unspecified atom stereocenters. The first-order chi connectivity index (χ1) is 22.0. The smallest absolute Gasteiger partial charge is 0.406 e. The SMILES string of the molecule is C=C1NC(C)=NC=C1N=CC(=N)N1CCN(S(=O)(=O)c2ccc(OC(F)(F)F)cc2)[C@@H](C(=O)NCc2ccc(C(F)(F)CC)cc2)C1. The van der Waals surface area contributed by atoms with E-state index in [2.05, 4.69) is 31.9 Å². The zero-order valence-electron chi connectivity index (χ0n) is 25.3. The number of piperazine rings is 1. The van der Waals surface area contributed by atoms with E-state index in [9.17, 15) is 35.2 Å². The average molecular weight is 682 g/mol. The van der Waals surface area contributed by atoms with Gasteiger partial charge in [-0.3, -0.25) is 10.2 Å². The van der Waals surface area contributed by atoms with Gasteiger partial charge in [0.1, 0.15) is 29.2 Å². The molecule has 2 aromatic carbocycles. The van der Waals surface area contributed by atoms with E-state index in [0.29, 0.717) is 22.8 Å². The number of aliphatic imine (C=N–C) groups is 2. The van der Waals surface area contributed by atoms with Gasteiger partial charge in [-0.05, 0) is 36.8 Å². The Kier molecular flexibility index (Phi) is 10.5. The normalized spacial score (nSPS) is 18.0. The molecular formula is C30H32F5N7O4S. The maximum Gasteiger partial charge on any atom is 0.573 e. The van der Waals surface area contributed by atoms with Crippen molar-refractivity contribution in [3.8, 4) is 5.75 Å². The summed E-state index contributed by atoms with van der Waals surface area (Å²) in [6, 6.07) is 7.50. The van der Waals surface area contributed by atoms with Gasteiger partial charge in [-0.2, -0.15) is 4.31 Å². The Morgan fingerprint density at radius 3 is 2.40 bits per heavy atom. The highest BCUT2D eigenvalue weighted by Crippen LogP contribution is 2.31. The zero-order valence-corrected chi connectivity index (χ0v) is 26.1. The Morgan fingerprint density at radius 1 is 1.15 bits per heavy atom. The molecule has 252 valence electrons. The molecule has 4 rings (SSSR count). The molecule has 0 radical (unpaired) electrons. The number of nitrogens with zero attached hydrogens (tertiary/aromatic N) is 4. The molecule has 0 aliphatic carbocycles. The molecular weight excluding hydrogens is 649 g/mol. The summed E-state index contributed by atoms with van der Waals surface area (Å²) in [5.74, 6) is -3.93. The van der Waals surface area contributed by atoms with Gasteiger partial charge in [-0.25, -0.2) is 27.2 Å². The predicted octanol–water partition coefficient (Wildman–Crippen LogP) is 4.50. The van der Waals surface area contributed by atoms with E-state index in [1.807, 2.05) is 0 Å². The molecule has 2 aliphatic rings. The third-order valence-electron chi connectivity index (χ3n) is 7.27. The fraction of sp³-hybridized carbons (Fsp3) is 0.333. The summed E-state index contributed by atoms with van der Waals surface area (Å²) in [5.41, 5.74) is 1.10. The molecule has 11 nitrogen and oxygen atoms in total. The van der Waals surface area contributed by atoms with Crippen molar-refractivity contribution in [2.75, 3.05) is 19.6 Å². The van der Waals surface area contributed by atoms with Gasteiger partial charge in [0.05, 0.1) is 23.0 Å². The molecule has 0 bridgehead atoms. The van der Waals surface area contributed by atoms with Crippen molar-refractivity contribution in [2.24, 2.45) is 9.98 Å². The summed E-state index contributed by atoms with van der Waals surface area (Å²) >= 11 is 0. The van der Waals surface area contributed by atoms with Crippen molar-refractivity contribution < 1.29 is 39.9 Å². The second-order valence-corrected chi connectivity index (χ2v) is 12.4. The number of amides is 1. The number of alkyl halides is 5. The quantitative estimate of drug-likeness (QED) is 0.192. The van der Waals surface area contributed by atoms with Gasteiger partial charge >= 0.3 is 6.36 Å². The minimum absolute atomic E-state index is 0.0221. The highest BCUT2D eigenvalue weighted by Gasteiger charge is 2.41. The number of carbonyl (C=O) groups excluding carboxylic acids is 1. The topological polar surface area (TPSA) is 140 Å². The van der Waals surface area contributed by atoms with Crippen LogP contribution in [-0.4, -0.2) is 73.5 Å². The molecule has 0 saturated carbocycles. The number of amidine groups is 2. The van der Waals surface area contributed by atoms with Crippen molar-refractivity contribution in [2.45, 2.75) is 50.0 Å². The van der Waals surface area contributed by atoms with Crippen molar-refractivity contribution in [3.05, 3.63) is 83.8 Å². The fourth-order valence-corrected chi connectivity index (χ4v) is 6.26. The maximum absolute atomic E-state index is 14.0. The minimum Gasteiger partial charge on any atom is -0.406 e. The molecule has 0 aromatic heterocycles. The van der Waals surface area contributed by atoms with Crippen LogP contribution >= 0.6 is 0 Å². The van der Waals surface area contributed by atoms with Gasteiger partial charge < -0.3 is 20.3 Å². The number of carbonyl (C=O) groups is 1. The van der Waals surface area contributed by atoms with Gasteiger partial charge in [0.15, 0.2) is 0 Å². The van der Waals surface area contributed by atoms with Crippen LogP contribution in [0.5, 0.6) is 5.75 Å². The maximum atomic E-state index is 14.0.